The standard InChI is InChI=1S/C16H19N3O2S/c1-16(2,3)21-15(20)18-12-6-8-19-13(12)10-22-14(19)11-5-4-7-17-9-11/h4-9,14H,10H2,1-3H3,(H,18,20). The number of nitrogens with zero attached hydrogens (tertiary/aromatic N) is 2. The molecule has 1 aliphatic heterocycles. The Morgan fingerprint density at radius 2 is 2.27 bits per heavy atom. The third-order valence-electron chi connectivity index (χ3n) is 3.26. The van der Waals surface area contributed by atoms with Gasteiger partial charge in [0.05, 0.1) is 11.4 Å². The first kappa shape index (κ1) is 15.0. The van der Waals surface area contributed by atoms with E-state index < -0.39 is 11.7 Å². The van der Waals surface area contributed by atoms with Gasteiger partial charge >= 0.3 is 6.09 Å². The Morgan fingerprint density at radius 1 is 1.45 bits per heavy atom. The lowest BCUT2D eigenvalue weighted by Crippen LogP contribution is -2.27. The van der Waals surface area contributed by atoms with Crippen LogP contribution in [0.4, 0.5) is 10.5 Å². The highest BCUT2D eigenvalue weighted by Gasteiger charge is 2.27. The molecule has 2 aromatic rings. The van der Waals surface area contributed by atoms with E-state index in [0.29, 0.717) is 0 Å². The maximum atomic E-state index is 11.9. The molecular weight excluding hydrogens is 298 g/mol. The number of hydrogen-bond acceptors (Lipinski definition) is 4. The van der Waals surface area contributed by atoms with E-state index in [1.54, 1.807) is 6.20 Å². The summed E-state index contributed by atoms with van der Waals surface area (Å²) >= 11 is 1.82. The summed E-state index contributed by atoms with van der Waals surface area (Å²) in [6, 6.07) is 5.93. The van der Waals surface area contributed by atoms with E-state index >= 15 is 0 Å². The number of rotatable bonds is 2. The largest absolute Gasteiger partial charge is 0.444 e. The minimum absolute atomic E-state index is 0.206. The molecule has 1 N–H and O–H groups in total. The van der Waals surface area contributed by atoms with Crippen LogP contribution < -0.4 is 5.32 Å². The van der Waals surface area contributed by atoms with Crippen LogP contribution in [0.15, 0.2) is 36.8 Å². The van der Waals surface area contributed by atoms with Crippen molar-refractivity contribution in [2.75, 3.05) is 5.32 Å². The number of amides is 1. The van der Waals surface area contributed by atoms with Gasteiger partial charge in [-0.3, -0.25) is 10.3 Å². The van der Waals surface area contributed by atoms with Crippen molar-refractivity contribution in [3.05, 3.63) is 48.0 Å². The van der Waals surface area contributed by atoms with Crippen molar-refractivity contribution in [3.63, 3.8) is 0 Å². The quantitative estimate of drug-likeness (QED) is 0.909. The predicted molar refractivity (Wildman–Crippen MR) is 88.0 cm³/mol. The van der Waals surface area contributed by atoms with E-state index in [9.17, 15) is 4.79 Å². The lowest BCUT2D eigenvalue weighted by atomic mass is 10.2. The number of pyridine rings is 1. The van der Waals surface area contributed by atoms with E-state index in [4.69, 9.17) is 4.74 Å². The van der Waals surface area contributed by atoms with Gasteiger partial charge in [-0.2, -0.15) is 0 Å². The van der Waals surface area contributed by atoms with Crippen molar-refractivity contribution in [1.82, 2.24) is 9.55 Å². The second kappa shape index (κ2) is 5.68. The molecule has 5 nitrogen and oxygen atoms in total. The summed E-state index contributed by atoms with van der Waals surface area (Å²) in [6.07, 6.45) is 5.24. The number of nitrogens with one attached hydrogen (secondary N) is 1. The fourth-order valence-corrected chi connectivity index (χ4v) is 3.71. The lowest BCUT2D eigenvalue weighted by molar-refractivity contribution is 0.0636. The van der Waals surface area contributed by atoms with Gasteiger partial charge in [-0.05, 0) is 32.9 Å². The van der Waals surface area contributed by atoms with Gasteiger partial charge < -0.3 is 9.30 Å². The number of carbonyl (C=O) groups is 1. The molecule has 6 heteroatoms. The van der Waals surface area contributed by atoms with Crippen LogP contribution >= 0.6 is 11.8 Å². The van der Waals surface area contributed by atoms with Crippen LogP contribution in [0.25, 0.3) is 0 Å². The van der Waals surface area contributed by atoms with Gasteiger partial charge in [-0.1, -0.05) is 6.07 Å². The van der Waals surface area contributed by atoms with E-state index in [1.165, 1.54) is 0 Å². The molecule has 0 radical (unpaired) electrons. The molecule has 3 heterocycles. The van der Waals surface area contributed by atoms with Crippen molar-refractivity contribution in [1.29, 1.82) is 0 Å². The number of aromatic nitrogens is 2. The molecule has 1 aliphatic rings. The molecule has 0 bridgehead atoms. The van der Waals surface area contributed by atoms with Crippen LogP contribution in [0.3, 0.4) is 0 Å². The van der Waals surface area contributed by atoms with Crippen LogP contribution in [0.2, 0.25) is 0 Å². The summed E-state index contributed by atoms with van der Waals surface area (Å²) in [5.74, 6) is 0.845. The monoisotopic (exact) mass is 317 g/mol. The average Bonchev–Trinajstić information content (AvgIpc) is 3.01. The van der Waals surface area contributed by atoms with Crippen molar-refractivity contribution in [3.8, 4) is 0 Å². The Labute approximate surface area is 134 Å². The zero-order valence-corrected chi connectivity index (χ0v) is 13.7. The van der Waals surface area contributed by atoms with Crippen LogP contribution in [0, 0.1) is 0 Å². The van der Waals surface area contributed by atoms with Crippen LogP contribution in [-0.2, 0) is 10.5 Å². The highest BCUT2D eigenvalue weighted by Crippen LogP contribution is 2.43. The second-order valence-corrected chi connectivity index (χ2v) is 7.23. The first-order chi connectivity index (χ1) is 10.4. The number of hydrogen-bond donors (Lipinski definition) is 1. The minimum atomic E-state index is -0.500. The van der Waals surface area contributed by atoms with Crippen molar-refractivity contribution < 1.29 is 9.53 Å². The molecule has 0 saturated carbocycles. The summed E-state index contributed by atoms with van der Waals surface area (Å²) in [5, 5.41) is 3.05. The third kappa shape index (κ3) is 3.11. The van der Waals surface area contributed by atoms with Crippen molar-refractivity contribution in [2.45, 2.75) is 37.5 Å². The van der Waals surface area contributed by atoms with E-state index in [2.05, 4.69) is 20.9 Å². The smallest absolute Gasteiger partial charge is 0.412 e. The van der Waals surface area contributed by atoms with E-state index in [0.717, 1.165) is 22.7 Å². The molecule has 0 aliphatic carbocycles. The maximum absolute atomic E-state index is 11.9. The summed E-state index contributed by atoms with van der Waals surface area (Å²) < 4.78 is 7.48. The average molecular weight is 317 g/mol. The van der Waals surface area contributed by atoms with Gasteiger partial charge in [0.2, 0.25) is 0 Å². The molecular formula is C16H19N3O2S. The molecule has 116 valence electrons. The molecule has 1 atom stereocenters. The topological polar surface area (TPSA) is 56.1 Å². The summed E-state index contributed by atoms with van der Waals surface area (Å²) in [4.78, 5) is 16.1. The lowest BCUT2D eigenvalue weighted by Gasteiger charge is -2.19. The second-order valence-electron chi connectivity index (χ2n) is 6.16. The molecule has 0 spiro atoms. The summed E-state index contributed by atoms with van der Waals surface area (Å²) in [7, 11) is 0. The Bertz CT molecular complexity index is 676. The molecule has 0 fully saturated rings. The van der Waals surface area contributed by atoms with Gasteiger partial charge in [-0.25, -0.2) is 4.79 Å². The maximum Gasteiger partial charge on any atom is 0.412 e. The molecule has 2 aromatic heterocycles. The minimum Gasteiger partial charge on any atom is -0.444 e. The molecule has 0 saturated heterocycles. The van der Waals surface area contributed by atoms with Gasteiger partial charge in [0, 0.05) is 29.9 Å². The number of fused-ring (bicyclic) bond motifs is 1. The molecule has 1 unspecified atom stereocenters. The molecule has 0 aromatic carbocycles. The zero-order chi connectivity index (χ0) is 15.7. The van der Waals surface area contributed by atoms with Crippen LogP contribution in [0.5, 0.6) is 0 Å². The van der Waals surface area contributed by atoms with Crippen LogP contribution in [-0.4, -0.2) is 21.2 Å². The van der Waals surface area contributed by atoms with E-state index in [-0.39, 0.29) is 5.37 Å². The Balaban J connectivity index is 1.77. The highest BCUT2D eigenvalue weighted by molar-refractivity contribution is 7.99. The number of thioether (sulfide) groups is 1. The van der Waals surface area contributed by atoms with E-state index in [1.807, 2.05) is 57.1 Å². The van der Waals surface area contributed by atoms with Gasteiger partial charge in [-0.15, -0.1) is 11.8 Å². The SMILES string of the molecule is CC(C)(C)OC(=O)Nc1ccn2c1CSC2c1cccnc1. The van der Waals surface area contributed by atoms with Crippen LogP contribution in [0.1, 0.15) is 37.4 Å². The first-order valence-electron chi connectivity index (χ1n) is 7.15. The number of anilines is 1. The molecule has 1 amide bonds. The Morgan fingerprint density at radius 3 is 2.95 bits per heavy atom. The number of ether oxygens (including phenoxy) is 1. The van der Waals surface area contributed by atoms with Crippen molar-refractivity contribution in [2.24, 2.45) is 0 Å². The predicted octanol–water partition coefficient (Wildman–Crippen LogP) is 4.02. The van der Waals surface area contributed by atoms with Gasteiger partial charge in [0.25, 0.3) is 0 Å². The van der Waals surface area contributed by atoms with Crippen molar-refractivity contribution >= 4 is 23.5 Å². The Hall–Kier alpha value is -1.95. The summed E-state index contributed by atoms with van der Waals surface area (Å²) in [6.45, 7) is 5.56. The third-order valence-corrected chi connectivity index (χ3v) is 4.52. The zero-order valence-electron chi connectivity index (χ0n) is 12.9. The normalized spacial score (nSPS) is 17.1. The number of carbonyl (C=O) groups excluding carboxylic acids is 1. The highest BCUT2D eigenvalue weighted by atomic mass is 32.2. The fourth-order valence-electron chi connectivity index (χ4n) is 2.40. The first-order valence-corrected chi connectivity index (χ1v) is 8.20. The molecule has 3 rings (SSSR count). The summed E-state index contributed by atoms with van der Waals surface area (Å²) in [5.41, 5.74) is 2.57. The van der Waals surface area contributed by atoms with Gasteiger partial charge in [0.15, 0.2) is 0 Å². The molecule has 22 heavy (non-hydrogen) atoms. The fraction of sp³-hybridized carbons (Fsp3) is 0.375. The van der Waals surface area contributed by atoms with Gasteiger partial charge in [0.1, 0.15) is 11.0 Å². The Kier molecular flexibility index (Phi) is 3.87.